The first-order valence-electron chi connectivity index (χ1n) is 7.06. The van der Waals surface area contributed by atoms with Crippen molar-refractivity contribution in [3.05, 3.63) is 46.8 Å². The van der Waals surface area contributed by atoms with Gasteiger partial charge in [-0.1, -0.05) is 6.07 Å². The maximum Gasteiger partial charge on any atom is 0.252 e. The quantitative estimate of drug-likeness (QED) is 0.742. The third-order valence-corrected chi connectivity index (χ3v) is 3.75. The molecule has 2 aromatic heterocycles. The fraction of sp³-hybridized carbons (Fsp3) is 0.188. The molecule has 1 unspecified atom stereocenters. The highest BCUT2D eigenvalue weighted by Crippen LogP contribution is 2.08. The fourth-order valence-electron chi connectivity index (χ4n) is 1.85. The number of rotatable bonds is 7. The number of nitrogens with one attached hydrogen (secondary N) is 2. The van der Waals surface area contributed by atoms with E-state index in [0.29, 0.717) is 5.56 Å². The van der Waals surface area contributed by atoms with Gasteiger partial charge in [0, 0.05) is 30.1 Å². The lowest BCUT2D eigenvalue weighted by molar-refractivity contribution is -0.128. The molecule has 24 heavy (non-hydrogen) atoms. The number of ketones is 1. The highest BCUT2D eigenvalue weighted by Gasteiger charge is 2.26. The van der Waals surface area contributed by atoms with Crippen molar-refractivity contribution in [2.24, 2.45) is 5.92 Å². The van der Waals surface area contributed by atoms with E-state index in [1.807, 2.05) is 0 Å². The molecule has 2 amide bonds. The van der Waals surface area contributed by atoms with Crippen LogP contribution in [0.5, 0.6) is 0 Å². The molecule has 1 atom stereocenters. The Kier molecular flexibility index (Phi) is 6.16. The predicted octanol–water partition coefficient (Wildman–Crippen LogP) is 1.61. The lowest BCUT2D eigenvalue weighted by Gasteiger charge is -2.09. The minimum Gasteiger partial charge on any atom is -0.352 e. The van der Waals surface area contributed by atoms with Gasteiger partial charge in [0.05, 0.1) is 6.07 Å². The van der Waals surface area contributed by atoms with E-state index in [2.05, 4.69) is 15.6 Å². The number of carbonyl (C=O) groups is 3. The summed E-state index contributed by atoms with van der Waals surface area (Å²) in [5, 5.41) is 17.5. The second-order valence-corrected chi connectivity index (χ2v) is 5.53. The van der Waals surface area contributed by atoms with Crippen molar-refractivity contribution in [3.63, 3.8) is 0 Å². The second-order valence-electron chi connectivity index (χ2n) is 4.75. The third kappa shape index (κ3) is 4.72. The minimum atomic E-state index is -1.44. The zero-order valence-corrected chi connectivity index (χ0v) is 13.4. The molecule has 0 aromatic carbocycles. The van der Waals surface area contributed by atoms with Gasteiger partial charge in [-0.2, -0.15) is 16.6 Å². The van der Waals surface area contributed by atoms with E-state index in [1.165, 1.54) is 17.5 Å². The number of aromatic nitrogens is 1. The largest absolute Gasteiger partial charge is 0.352 e. The van der Waals surface area contributed by atoms with Gasteiger partial charge < -0.3 is 10.6 Å². The summed E-state index contributed by atoms with van der Waals surface area (Å²) in [6, 6.07) is 8.26. The van der Waals surface area contributed by atoms with E-state index in [0.717, 1.165) is 0 Å². The number of hydrogen-bond acceptors (Lipinski definition) is 6. The molecule has 0 saturated carbocycles. The molecule has 0 spiro atoms. The van der Waals surface area contributed by atoms with Crippen molar-refractivity contribution >= 4 is 34.8 Å². The Morgan fingerprint density at radius 3 is 2.75 bits per heavy atom. The van der Waals surface area contributed by atoms with Gasteiger partial charge in [0.2, 0.25) is 0 Å². The van der Waals surface area contributed by atoms with E-state index < -0.39 is 17.6 Å². The van der Waals surface area contributed by atoms with Crippen molar-refractivity contribution in [2.45, 2.75) is 6.42 Å². The lowest BCUT2D eigenvalue weighted by atomic mass is 10.0. The molecule has 0 bridgehead atoms. The number of anilines is 1. The van der Waals surface area contributed by atoms with Gasteiger partial charge in [0.1, 0.15) is 5.82 Å². The van der Waals surface area contributed by atoms with E-state index >= 15 is 0 Å². The average Bonchev–Trinajstić information content (AvgIpc) is 3.11. The Bertz CT molecular complexity index is 753. The molecule has 2 rings (SSSR count). The molecular weight excluding hydrogens is 328 g/mol. The monoisotopic (exact) mass is 342 g/mol. The van der Waals surface area contributed by atoms with Crippen molar-refractivity contribution < 1.29 is 14.4 Å². The SMILES string of the molecule is N#CC(C(=O)CCNC(=O)c1ccsc1)C(=O)Nc1ccccn1. The summed E-state index contributed by atoms with van der Waals surface area (Å²) in [4.78, 5) is 39.6. The summed E-state index contributed by atoms with van der Waals surface area (Å²) >= 11 is 1.39. The molecule has 7 nitrogen and oxygen atoms in total. The minimum absolute atomic E-state index is 0.0581. The van der Waals surface area contributed by atoms with Gasteiger partial charge in [0.15, 0.2) is 11.7 Å². The van der Waals surface area contributed by atoms with Crippen LogP contribution in [0.3, 0.4) is 0 Å². The molecule has 2 aromatic rings. The number of pyridine rings is 1. The molecule has 2 N–H and O–H groups in total. The Morgan fingerprint density at radius 1 is 1.29 bits per heavy atom. The van der Waals surface area contributed by atoms with Crippen molar-refractivity contribution in [3.8, 4) is 6.07 Å². The van der Waals surface area contributed by atoms with Crippen LogP contribution in [-0.4, -0.2) is 29.1 Å². The zero-order valence-electron chi connectivity index (χ0n) is 12.6. The fourth-order valence-corrected chi connectivity index (χ4v) is 2.49. The second kappa shape index (κ2) is 8.55. The molecule has 0 radical (unpaired) electrons. The van der Waals surface area contributed by atoms with Crippen LogP contribution in [-0.2, 0) is 9.59 Å². The number of thiophene rings is 1. The number of nitriles is 1. The molecule has 0 saturated heterocycles. The maximum atomic E-state index is 12.0. The number of nitrogens with zero attached hydrogens (tertiary/aromatic N) is 2. The van der Waals surface area contributed by atoms with Crippen LogP contribution in [0.4, 0.5) is 5.82 Å². The molecule has 8 heteroatoms. The first kappa shape index (κ1) is 17.3. The Balaban J connectivity index is 1.84. The van der Waals surface area contributed by atoms with E-state index in [-0.39, 0.29) is 24.7 Å². The van der Waals surface area contributed by atoms with Crippen molar-refractivity contribution in [2.75, 3.05) is 11.9 Å². The highest BCUT2D eigenvalue weighted by molar-refractivity contribution is 7.08. The Hall–Kier alpha value is -3.05. The van der Waals surface area contributed by atoms with Gasteiger partial charge in [-0.25, -0.2) is 4.98 Å². The van der Waals surface area contributed by atoms with Gasteiger partial charge >= 0.3 is 0 Å². The van der Waals surface area contributed by atoms with Gasteiger partial charge in [-0.05, 0) is 23.6 Å². The predicted molar refractivity (Wildman–Crippen MR) is 88.2 cm³/mol. The molecular formula is C16H14N4O3S. The summed E-state index contributed by atoms with van der Waals surface area (Å²) < 4.78 is 0. The summed E-state index contributed by atoms with van der Waals surface area (Å²) in [5.74, 6) is -2.76. The normalized spacial score (nSPS) is 11.1. The zero-order chi connectivity index (χ0) is 17.4. The Morgan fingerprint density at radius 2 is 2.12 bits per heavy atom. The van der Waals surface area contributed by atoms with Crippen LogP contribution in [0.15, 0.2) is 41.2 Å². The van der Waals surface area contributed by atoms with E-state index in [9.17, 15) is 14.4 Å². The number of carbonyl (C=O) groups excluding carboxylic acids is 3. The summed E-state index contributed by atoms with van der Waals surface area (Å²) in [5.41, 5.74) is 0.511. The average molecular weight is 342 g/mol. The van der Waals surface area contributed by atoms with Crippen LogP contribution >= 0.6 is 11.3 Å². The van der Waals surface area contributed by atoms with Gasteiger partial charge in [-0.3, -0.25) is 14.4 Å². The first-order chi connectivity index (χ1) is 11.6. The van der Waals surface area contributed by atoms with Crippen LogP contribution < -0.4 is 10.6 Å². The first-order valence-corrected chi connectivity index (χ1v) is 8.00. The van der Waals surface area contributed by atoms with Crippen LogP contribution in [0.2, 0.25) is 0 Å². The molecule has 122 valence electrons. The molecule has 0 aliphatic heterocycles. The molecule has 0 fully saturated rings. The number of hydrogen-bond donors (Lipinski definition) is 2. The highest BCUT2D eigenvalue weighted by atomic mass is 32.1. The van der Waals surface area contributed by atoms with E-state index in [4.69, 9.17) is 5.26 Å². The molecule has 2 heterocycles. The van der Waals surface area contributed by atoms with Crippen LogP contribution in [0, 0.1) is 17.2 Å². The summed E-state index contributed by atoms with van der Waals surface area (Å²) in [7, 11) is 0. The van der Waals surface area contributed by atoms with Crippen molar-refractivity contribution in [1.82, 2.24) is 10.3 Å². The Labute approximate surface area is 142 Å². The van der Waals surface area contributed by atoms with Crippen LogP contribution in [0.1, 0.15) is 16.8 Å². The van der Waals surface area contributed by atoms with Gasteiger partial charge in [-0.15, -0.1) is 0 Å². The third-order valence-electron chi connectivity index (χ3n) is 3.07. The smallest absolute Gasteiger partial charge is 0.252 e. The molecule has 0 aliphatic carbocycles. The lowest BCUT2D eigenvalue weighted by Crippen LogP contribution is -2.32. The van der Waals surface area contributed by atoms with Crippen molar-refractivity contribution in [1.29, 1.82) is 5.26 Å². The van der Waals surface area contributed by atoms with E-state index in [1.54, 1.807) is 41.1 Å². The van der Waals surface area contributed by atoms with Gasteiger partial charge in [0.25, 0.3) is 11.8 Å². The summed E-state index contributed by atoms with van der Waals surface area (Å²) in [6.45, 7) is 0.0581. The summed E-state index contributed by atoms with van der Waals surface area (Å²) in [6.07, 6.45) is 1.38. The standard InChI is InChI=1S/C16H14N4O3S/c17-9-12(16(23)20-14-3-1-2-6-18-14)13(21)4-7-19-15(22)11-5-8-24-10-11/h1-3,5-6,8,10,12H,4,7H2,(H,19,22)(H,18,20,23). The topological polar surface area (TPSA) is 112 Å². The maximum absolute atomic E-state index is 12.0. The number of amides is 2. The number of Topliss-reactive ketones (excluding diaryl/α,β-unsaturated/α-hetero) is 1. The van der Waals surface area contributed by atoms with Crippen LogP contribution in [0.25, 0.3) is 0 Å². The molecule has 0 aliphatic rings.